The van der Waals surface area contributed by atoms with Crippen molar-refractivity contribution in [3.8, 4) is 0 Å². The van der Waals surface area contributed by atoms with Gasteiger partial charge in [0, 0.05) is 3.89 Å². The second kappa shape index (κ2) is 2.22. The first-order valence-electron chi connectivity index (χ1n) is 0.475. The highest BCUT2D eigenvalue weighted by Crippen LogP contribution is 1.98. The van der Waals surface area contributed by atoms with E-state index in [1.165, 1.54) is 0 Å². The zero-order valence-electron chi connectivity index (χ0n) is 1.57. The fraction of sp³-hybridized carbons (Fsp3) is 0. The van der Waals surface area contributed by atoms with E-state index in [2.05, 4.69) is 0 Å². The SMILES string of the molecule is [O-][S+](F)I. The van der Waals surface area contributed by atoms with Crippen molar-refractivity contribution in [1.29, 1.82) is 0 Å². The average Bonchev–Trinajstić information content (AvgIpc) is 0.811. The van der Waals surface area contributed by atoms with E-state index in [1.807, 2.05) is 0 Å². The molecule has 0 aliphatic heterocycles. The van der Waals surface area contributed by atoms with E-state index in [0.29, 0.717) is 0 Å². The first kappa shape index (κ1) is 4.97. The van der Waals surface area contributed by atoms with Crippen molar-refractivity contribution in [3.05, 3.63) is 0 Å². The van der Waals surface area contributed by atoms with E-state index in [-0.39, 0.29) is 0 Å². The summed E-state index contributed by atoms with van der Waals surface area (Å²) in [6.45, 7) is 0. The molecule has 0 amide bonds. The fourth-order valence-corrected chi connectivity index (χ4v) is 0. The average molecular weight is 194 g/mol. The fourth-order valence-electron chi connectivity index (χ4n) is 0. The molecule has 4 heavy (non-hydrogen) atoms. The number of halogens is 2. The molecule has 0 rings (SSSR count). The first-order chi connectivity index (χ1) is 1.73. The third-order valence-electron chi connectivity index (χ3n) is 0. The maximum Gasteiger partial charge on any atom is 0.299 e. The van der Waals surface area contributed by atoms with Gasteiger partial charge < -0.3 is 4.55 Å². The molecular formula is FIOS. The van der Waals surface area contributed by atoms with E-state index in [0.717, 1.165) is 21.2 Å². The third kappa shape index (κ3) is 12.3. The zero-order chi connectivity index (χ0) is 3.58. The van der Waals surface area contributed by atoms with Gasteiger partial charge in [-0.15, -0.1) is 0 Å². The molecule has 26 valence electrons. The highest BCUT2D eigenvalue weighted by Gasteiger charge is 1.85. The van der Waals surface area contributed by atoms with Gasteiger partial charge >= 0.3 is 0 Å². The largest absolute Gasteiger partial charge is 0.572 e. The highest BCUT2D eigenvalue weighted by atomic mass is 127. The maximum absolute atomic E-state index is 10.5. The van der Waals surface area contributed by atoms with Crippen LogP contribution in [0.1, 0.15) is 0 Å². The third-order valence-corrected chi connectivity index (χ3v) is 0. The summed E-state index contributed by atoms with van der Waals surface area (Å²) in [7, 11) is -2.14. The molecular weight excluding hydrogens is 194 g/mol. The van der Waals surface area contributed by atoms with E-state index >= 15 is 0 Å². The molecule has 0 bridgehead atoms. The lowest BCUT2D eigenvalue weighted by Gasteiger charge is -1.71. The van der Waals surface area contributed by atoms with E-state index in [1.54, 1.807) is 0 Å². The van der Waals surface area contributed by atoms with Crippen LogP contribution in [0.4, 0.5) is 3.89 Å². The standard InChI is InChI=1S/FIOS/c1-4(2)3. The summed E-state index contributed by atoms with van der Waals surface area (Å²) in [5.41, 5.74) is 0. The molecule has 1 unspecified atom stereocenters. The Hall–Kier alpha value is 0.970. The minimum absolute atomic E-state index is 1.15. The summed E-state index contributed by atoms with van der Waals surface area (Å²) in [5, 5.41) is 0. The molecule has 0 N–H and O–H groups in total. The molecule has 0 radical (unpaired) electrons. The Labute approximate surface area is 38.6 Å². The zero-order valence-corrected chi connectivity index (χ0v) is 4.55. The van der Waals surface area contributed by atoms with Gasteiger partial charge in [0.1, 0.15) is 0 Å². The first-order valence-corrected chi connectivity index (χ1v) is 4.07. The molecule has 1 nitrogen and oxygen atoms in total. The Kier molecular flexibility index (Phi) is 2.76. The van der Waals surface area contributed by atoms with Gasteiger partial charge in [-0.1, -0.05) is 0 Å². The summed E-state index contributed by atoms with van der Waals surface area (Å²) in [5.74, 6) is 0. The molecule has 0 aromatic carbocycles. The van der Waals surface area contributed by atoms with Crippen molar-refractivity contribution in [2.45, 2.75) is 0 Å². The topological polar surface area (TPSA) is 23.1 Å². The monoisotopic (exact) mass is 194 g/mol. The van der Waals surface area contributed by atoms with Crippen molar-refractivity contribution in [2.24, 2.45) is 0 Å². The van der Waals surface area contributed by atoms with Gasteiger partial charge in [0.15, 0.2) is 0 Å². The van der Waals surface area contributed by atoms with Crippen LogP contribution < -0.4 is 0 Å². The van der Waals surface area contributed by atoms with Crippen LogP contribution in [0.15, 0.2) is 0 Å². The van der Waals surface area contributed by atoms with Crippen LogP contribution in [0.2, 0.25) is 0 Å². The molecule has 4 heteroatoms. The van der Waals surface area contributed by atoms with E-state index in [4.69, 9.17) is 4.55 Å². The van der Waals surface area contributed by atoms with Crippen LogP contribution >= 0.6 is 21.2 Å². The molecule has 0 fully saturated rings. The Morgan fingerprint density at radius 3 is 2.00 bits per heavy atom. The van der Waals surface area contributed by atoms with Gasteiger partial charge in [-0.2, -0.15) is 0 Å². The van der Waals surface area contributed by atoms with Crippen molar-refractivity contribution in [3.63, 3.8) is 0 Å². The lowest BCUT2D eigenvalue weighted by molar-refractivity contribution is 0.572. The number of hydrogen-bond donors (Lipinski definition) is 0. The molecule has 0 spiro atoms. The molecule has 0 aliphatic rings. The van der Waals surface area contributed by atoms with Crippen LogP contribution in [0, 0.1) is 0 Å². The van der Waals surface area contributed by atoms with Crippen molar-refractivity contribution in [2.75, 3.05) is 0 Å². The van der Waals surface area contributed by atoms with Gasteiger partial charge in [-0.05, 0) is 0 Å². The smallest absolute Gasteiger partial charge is 0.299 e. The van der Waals surface area contributed by atoms with Crippen LogP contribution in [0.3, 0.4) is 0 Å². The Morgan fingerprint density at radius 1 is 2.00 bits per heavy atom. The molecule has 0 aromatic heterocycles. The predicted octanol–water partition coefficient (Wildman–Crippen LogP) is 0.970. The normalized spacial score (nSPS) is 15.8. The second-order valence-corrected chi connectivity index (χ2v) is 2.63. The number of rotatable bonds is 0. The highest BCUT2D eigenvalue weighted by molar-refractivity contribution is 14.2. The summed E-state index contributed by atoms with van der Waals surface area (Å²) >= 11 is 1.15. The Balaban J connectivity index is 2.32. The second-order valence-electron chi connectivity index (χ2n) is 0.184. The van der Waals surface area contributed by atoms with Crippen LogP contribution in [-0.2, 0) is 8.73 Å². The van der Waals surface area contributed by atoms with Crippen molar-refractivity contribution >= 4 is 29.9 Å². The molecule has 0 aromatic rings. The summed E-state index contributed by atoms with van der Waals surface area (Å²) in [4.78, 5) is 0. The summed E-state index contributed by atoms with van der Waals surface area (Å²) in [6.07, 6.45) is 0. The van der Waals surface area contributed by atoms with Gasteiger partial charge in [-0.3, -0.25) is 0 Å². The van der Waals surface area contributed by atoms with Crippen LogP contribution in [0.5, 0.6) is 0 Å². The summed E-state index contributed by atoms with van der Waals surface area (Å²) < 4.78 is 19.3. The lowest BCUT2D eigenvalue weighted by Crippen LogP contribution is -1.64. The number of hydrogen-bond acceptors (Lipinski definition) is 1. The lowest BCUT2D eigenvalue weighted by atomic mass is 15.9. The van der Waals surface area contributed by atoms with Gasteiger partial charge in [0.05, 0.1) is 0 Å². The molecule has 0 saturated heterocycles. The van der Waals surface area contributed by atoms with Gasteiger partial charge in [-0.25, -0.2) is 0 Å². The minimum Gasteiger partial charge on any atom is -0.572 e. The van der Waals surface area contributed by atoms with Crippen LogP contribution in [0.25, 0.3) is 0 Å². The van der Waals surface area contributed by atoms with E-state index < -0.39 is 8.73 Å². The molecule has 0 saturated carbocycles. The van der Waals surface area contributed by atoms with E-state index in [9.17, 15) is 3.89 Å². The van der Waals surface area contributed by atoms with Gasteiger partial charge in [0.2, 0.25) is 8.73 Å². The Morgan fingerprint density at radius 2 is 2.00 bits per heavy atom. The quantitative estimate of drug-likeness (QED) is 0.416. The molecule has 1 atom stereocenters. The van der Waals surface area contributed by atoms with Crippen molar-refractivity contribution in [1.82, 2.24) is 0 Å². The molecule has 0 heterocycles. The molecule has 0 aliphatic carbocycles. The van der Waals surface area contributed by atoms with Gasteiger partial charge in [0.25, 0.3) is 21.2 Å². The van der Waals surface area contributed by atoms with Crippen LogP contribution in [-0.4, -0.2) is 4.55 Å². The van der Waals surface area contributed by atoms with Crippen molar-refractivity contribution < 1.29 is 8.44 Å². The minimum atomic E-state index is -2.14. The summed E-state index contributed by atoms with van der Waals surface area (Å²) in [6, 6.07) is 0. The maximum atomic E-state index is 10.5. The predicted molar refractivity (Wildman–Crippen MR) is 23.3 cm³/mol. The Bertz CT molecular complexity index is 12.8.